The van der Waals surface area contributed by atoms with E-state index in [1.165, 1.54) is 0 Å². The monoisotopic (exact) mass is 457 g/mol. The Morgan fingerprint density at radius 1 is 0.800 bits per heavy atom. The Bertz CT molecular complexity index is 1780. The van der Waals surface area contributed by atoms with Gasteiger partial charge in [0.05, 0.1) is 34.8 Å². The normalized spacial score (nSPS) is 18.3. The summed E-state index contributed by atoms with van der Waals surface area (Å²) in [6.07, 6.45) is 5.25. The molecule has 1 fully saturated rings. The molecule has 4 heterocycles. The van der Waals surface area contributed by atoms with Gasteiger partial charge in [0, 0.05) is 34.4 Å². The first kappa shape index (κ1) is 19.7. The van der Waals surface area contributed by atoms with Crippen molar-refractivity contribution in [3.05, 3.63) is 103 Å². The number of carbonyl (C=O) groups is 2. The number of H-pyrrole nitrogens is 2. The summed E-state index contributed by atoms with van der Waals surface area (Å²) in [5.41, 5.74) is 5.64. The van der Waals surface area contributed by atoms with Crippen molar-refractivity contribution in [2.75, 3.05) is 4.90 Å². The Hall–Kier alpha value is -4.78. The molecule has 1 saturated heterocycles. The minimum atomic E-state index is -0.681. The first-order valence-electron chi connectivity index (χ1n) is 11.4. The molecule has 1 aliphatic rings. The topological polar surface area (TPSA) is 94.7 Å². The fraction of sp³-hybridized carbons (Fsp3) is 0.0714. The summed E-state index contributed by atoms with van der Waals surface area (Å²) in [6.45, 7) is 0. The van der Waals surface area contributed by atoms with Crippen molar-refractivity contribution in [2.45, 2.75) is 12.0 Å². The van der Waals surface area contributed by atoms with Crippen molar-refractivity contribution in [1.82, 2.24) is 19.9 Å². The summed E-state index contributed by atoms with van der Waals surface area (Å²) in [6, 6.07) is 22.7. The van der Waals surface area contributed by atoms with Crippen LogP contribution in [0.2, 0.25) is 0 Å². The number of benzene rings is 3. The van der Waals surface area contributed by atoms with E-state index < -0.39 is 23.7 Å². The molecule has 2 N–H and O–H groups in total. The summed E-state index contributed by atoms with van der Waals surface area (Å²) < 4.78 is 0. The second-order valence-corrected chi connectivity index (χ2v) is 8.82. The van der Waals surface area contributed by atoms with E-state index in [4.69, 9.17) is 0 Å². The average molecular weight is 457 g/mol. The van der Waals surface area contributed by atoms with Gasteiger partial charge >= 0.3 is 0 Å². The van der Waals surface area contributed by atoms with E-state index in [9.17, 15) is 9.59 Å². The van der Waals surface area contributed by atoms with Crippen LogP contribution in [0.25, 0.3) is 32.8 Å². The van der Waals surface area contributed by atoms with Crippen LogP contribution < -0.4 is 4.90 Å². The number of pyridine rings is 1. The zero-order valence-corrected chi connectivity index (χ0v) is 18.5. The highest BCUT2D eigenvalue weighted by molar-refractivity contribution is 6.46. The molecule has 1 aliphatic heterocycles. The number of para-hydroxylation sites is 2. The molecule has 2 unspecified atom stereocenters. The molecule has 0 bridgehead atoms. The number of ketones is 1. The van der Waals surface area contributed by atoms with Crippen LogP contribution in [0.15, 0.2) is 91.5 Å². The Labute approximate surface area is 199 Å². The van der Waals surface area contributed by atoms with Crippen molar-refractivity contribution >= 4 is 50.2 Å². The van der Waals surface area contributed by atoms with Crippen molar-refractivity contribution in [1.29, 1.82) is 0 Å². The van der Waals surface area contributed by atoms with E-state index in [0.717, 1.165) is 44.0 Å². The van der Waals surface area contributed by atoms with Crippen LogP contribution in [0.3, 0.4) is 0 Å². The Kier molecular flexibility index (Phi) is 4.14. The molecule has 0 saturated carbocycles. The maximum atomic E-state index is 13.6. The predicted octanol–water partition coefficient (Wildman–Crippen LogP) is 5.03. The minimum Gasteiger partial charge on any atom is -0.361 e. The molecule has 0 radical (unpaired) electrons. The van der Waals surface area contributed by atoms with E-state index in [2.05, 4.69) is 19.9 Å². The molecule has 168 valence electrons. The molecular weight excluding hydrogens is 438 g/mol. The van der Waals surface area contributed by atoms with Crippen molar-refractivity contribution < 1.29 is 9.59 Å². The number of hydrogen-bond acceptors (Lipinski definition) is 4. The van der Waals surface area contributed by atoms with Gasteiger partial charge in [-0.3, -0.25) is 19.5 Å². The third-order valence-corrected chi connectivity index (χ3v) is 6.90. The van der Waals surface area contributed by atoms with Gasteiger partial charge in [0.15, 0.2) is 0 Å². The summed E-state index contributed by atoms with van der Waals surface area (Å²) in [5.74, 6) is -1.64. The van der Waals surface area contributed by atoms with Crippen molar-refractivity contribution in [3.63, 3.8) is 0 Å². The number of aromatic nitrogens is 4. The lowest BCUT2D eigenvalue weighted by Gasteiger charge is -2.27. The fourth-order valence-corrected chi connectivity index (χ4v) is 5.28. The van der Waals surface area contributed by atoms with E-state index in [1.54, 1.807) is 17.4 Å². The number of hydrogen-bond donors (Lipinski definition) is 2. The smallest absolute Gasteiger partial charge is 0.295 e. The lowest BCUT2D eigenvalue weighted by Crippen LogP contribution is -2.29. The van der Waals surface area contributed by atoms with Gasteiger partial charge in [-0.2, -0.15) is 0 Å². The lowest BCUT2D eigenvalue weighted by atomic mass is 9.86. The van der Waals surface area contributed by atoms with Gasteiger partial charge < -0.3 is 9.97 Å². The number of amides is 1. The largest absolute Gasteiger partial charge is 0.361 e. The highest BCUT2D eigenvalue weighted by Gasteiger charge is 2.50. The number of nitrogens with zero attached hydrogens (tertiary/aromatic N) is 3. The zero-order chi connectivity index (χ0) is 23.5. The first-order chi connectivity index (χ1) is 17.2. The molecule has 3 aromatic heterocycles. The second-order valence-electron chi connectivity index (χ2n) is 8.82. The molecule has 35 heavy (non-hydrogen) atoms. The maximum Gasteiger partial charge on any atom is 0.295 e. The number of anilines is 1. The number of nitrogens with one attached hydrogen (secondary N) is 2. The molecular formula is C28H19N5O2. The molecule has 7 rings (SSSR count). The third kappa shape index (κ3) is 2.91. The van der Waals surface area contributed by atoms with Gasteiger partial charge in [0.25, 0.3) is 5.91 Å². The van der Waals surface area contributed by atoms with E-state index in [0.29, 0.717) is 5.69 Å². The molecule has 7 nitrogen and oxygen atoms in total. The maximum absolute atomic E-state index is 13.6. The molecule has 6 aromatic rings. The Morgan fingerprint density at radius 3 is 2.60 bits per heavy atom. The number of imidazole rings is 1. The number of aromatic amines is 2. The van der Waals surface area contributed by atoms with Crippen LogP contribution >= 0.6 is 0 Å². The van der Waals surface area contributed by atoms with Crippen LogP contribution in [-0.4, -0.2) is 31.6 Å². The van der Waals surface area contributed by atoms with Gasteiger partial charge in [-0.05, 0) is 47.5 Å². The fourth-order valence-electron chi connectivity index (χ4n) is 5.28. The Balaban J connectivity index is 1.47. The quantitative estimate of drug-likeness (QED) is 0.364. The van der Waals surface area contributed by atoms with Gasteiger partial charge in [0.2, 0.25) is 5.78 Å². The Morgan fingerprint density at radius 2 is 1.66 bits per heavy atom. The number of fused-ring (bicyclic) bond motifs is 3. The molecule has 0 aliphatic carbocycles. The van der Waals surface area contributed by atoms with Crippen molar-refractivity contribution in [2.24, 2.45) is 0 Å². The standard InChI is InChI=1S/C28H19N5O2/c34-27-25(20-14-30-22-8-4-2-6-19(20)22)26(17-11-16-5-1-3-7-21(16)29-13-17)33(28(27)35)18-9-10-23-24(12-18)32-15-31-23/h1-15,25-26,30H,(H,31,32). The minimum absolute atomic E-state index is 0.433. The van der Waals surface area contributed by atoms with E-state index in [1.807, 2.05) is 79.0 Å². The highest BCUT2D eigenvalue weighted by Crippen LogP contribution is 2.47. The van der Waals surface area contributed by atoms with Gasteiger partial charge in [0.1, 0.15) is 0 Å². The molecule has 7 heteroatoms. The summed E-state index contributed by atoms with van der Waals surface area (Å²) in [5, 5.41) is 1.89. The summed E-state index contributed by atoms with van der Waals surface area (Å²) in [7, 11) is 0. The van der Waals surface area contributed by atoms with Gasteiger partial charge in [-0.25, -0.2) is 4.98 Å². The zero-order valence-electron chi connectivity index (χ0n) is 18.5. The van der Waals surface area contributed by atoms with Crippen LogP contribution in [0, 0.1) is 0 Å². The van der Waals surface area contributed by atoms with Crippen LogP contribution in [0.4, 0.5) is 5.69 Å². The van der Waals surface area contributed by atoms with Gasteiger partial charge in [-0.15, -0.1) is 0 Å². The van der Waals surface area contributed by atoms with Crippen LogP contribution in [-0.2, 0) is 9.59 Å². The molecule has 1 amide bonds. The van der Waals surface area contributed by atoms with E-state index >= 15 is 0 Å². The average Bonchev–Trinajstić information content (AvgIpc) is 3.60. The summed E-state index contributed by atoms with van der Waals surface area (Å²) >= 11 is 0. The second kappa shape index (κ2) is 7.36. The predicted molar refractivity (Wildman–Crippen MR) is 134 cm³/mol. The van der Waals surface area contributed by atoms with E-state index in [-0.39, 0.29) is 0 Å². The lowest BCUT2D eigenvalue weighted by molar-refractivity contribution is -0.134. The number of Topliss-reactive ketones (excluding diaryl/α,β-unsaturated/α-hetero) is 1. The highest BCUT2D eigenvalue weighted by atomic mass is 16.2. The number of rotatable bonds is 3. The summed E-state index contributed by atoms with van der Waals surface area (Å²) in [4.78, 5) is 44.1. The SMILES string of the molecule is O=C1C(=O)N(c2ccc3nc[nH]c3c2)C(c2cnc3ccccc3c2)C1c1c[nH]c2ccccc12. The van der Waals surface area contributed by atoms with Crippen LogP contribution in [0.5, 0.6) is 0 Å². The molecule has 0 spiro atoms. The van der Waals surface area contributed by atoms with Crippen LogP contribution in [0.1, 0.15) is 23.1 Å². The van der Waals surface area contributed by atoms with Crippen molar-refractivity contribution in [3.8, 4) is 0 Å². The third-order valence-electron chi connectivity index (χ3n) is 6.90. The molecule has 3 aromatic carbocycles. The van der Waals surface area contributed by atoms with Gasteiger partial charge in [-0.1, -0.05) is 36.4 Å². The first-order valence-corrected chi connectivity index (χ1v) is 11.4. The number of carbonyl (C=O) groups excluding carboxylic acids is 2. The molecule has 2 atom stereocenters.